The van der Waals surface area contributed by atoms with Gasteiger partial charge in [0.2, 0.25) is 0 Å². The fraction of sp³-hybridized carbons (Fsp3) is 0.846. The van der Waals surface area contributed by atoms with Crippen LogP contribution in [-0.4, -0.2) is 0 Å². The molecule has 0 heteroatoms. The summed E-state index contributed by atoms with van der Waals surface area (Å²) in [5, 5.41) is 0. The van der Waals surface area contributed by atoms with E-state index in [1.807, 2.05) is 0 Å². The minimum Gasteiger partial charge on any atom is -0.0713 e. The van der Waals surface area contributed by atoms with E-state index in [0.29, 0.717) is 0 Å². The zero-order valence-corrected chi connectivity index (χ0v) is 9.53. The summed E-state index contributed by atoms with van der Waals surface area (Å²) in [4.78, 5) is 0. The van der Waals surface area contributed by atoms with Gasteiger partial charge in [0.15, 0.2) is 0 Å². The van der Waals surface area contributed by atoms with Crippen LogP contribution in [0.4, 0.5) is 0 Å². The Morgan fingerprint density at radius 3 is 2.69 bits per heavy atom. The van der Waals surface area contributed by atoms with Gasteiger partial charge in [0.1, 0.15) is 0 Å². The summed E-state index contributed by atoms with van der Waals surface area (Å²) in [7, 11) is 0. The van der Waals surface area contributed by atoms with E-state index in [4.69, 9.17) is 0 Å². The van der Waals surface area contributed by atoms with Gasteiger partial charge in [0, 0.05) is 0 Å². The molecule has 0 aromatic carbocycles. The average Bonchev–Trinajstić information content (AvgIpc) is 2.12. The third-order valence-electron chi connectivity index (χ3n) is 3.46. The van der Waals surface area contributed by atoms with Crippen LogP contribution in [0.3, 0.4) is 0 Å². The maximum atomic E-state index is 2.40. The van der Waals surface area contributed by atoms with E-state index in [9.17, 15) is 0 Å². The molecule has 0 saturated heterocycles. The van der Waals surface area contributed by atoms with Gasteiger partial charge in [-0.25, -0.2) is 0 Å². The van der Waals surface area contributed by atoms with Crippen molar-refractivity contribution in [3.8, 4) is 0 Å². The van der Waals surface area contributed by atoms with Crippen LogP contribution in [-0.2, 0) is 0 Å². The standard InChI is InChI=1S/C13H24/c1-4-8-13-10-7-5-6-9-11(2)12(13)3/h11H,4-10H2,1-3H3. The lowest BCUT2D eigenvalue weighted by Crippen LogP contribution is -2.04. The maximum absolute atomic E-state index is 2.40. The summed E-state index contributed by atoms with van der Waals surface area (Å²) in [5.41, 5.74) is 3.48. The number of allylic oxidation sites excluding steroid dienone is 2. The van der Waals surface area contributed by atoms with E-state index < -0.39 is 0 Å². The first kappa shape index (κ1) is 10.8. The Balaban J connectivity index is 2.68. The van der Waals surface area contributed by atoms with Gasteiger partial charge in [0.05, 0.1) is 0 Å². The molecule has 0 aromatic rings. The van der Waals surface area contributed by atoms with Crippen molar-refractivity contribution >= 4 is 0 Å². The first-order valence-electron chi connectivity index (χ1n) is 5.94. The molecule has 0 spiro atoms. The fourth-order valence-electron chi connectivity index (χ4n) is 2.35. The second-order valence-corrected chi connectivity index (χ2v) is 4.54. The number of hydrogen-bond acceptors (Lipinski definition) is 0. The normalized spacial score (nSPS) is 25.6. The van der Waals surface area contributed by atoms with Crippen molar-refractivity contribution < 1.29 is 0 Å². The largest absolute Gasteiger partial charge is 0.0713 e. The molecule has 0 aromatic heterocycles. The quantitative estimate of drug-likeness (QED) is 0.540. The smallest absolute Gasteiger partial charge is 0.0232 e. The molecule has 0 bridgehead atoms. The highest BCUT2D eigenvalue weighted by molar-refractivity contribution is 5.15. The third kappa shape index (κ3) is 3.17. The van der Waals surface area contributed by atoms with Crippen LogP contribution in [0, 0.1) is 5.92 Å². The highest BCUT2D eigenvalue weighted by atomic mass is 14.2. The molecule has 0 nitrogen and oxygen atoms in total. The fourth-order valence-corrected chi connectivity index (χ4v) is 2.35. The molecule has 0 saturated carbocycles. The predicted octanol–water partition coefficient (Wildman–Crippen LogP) is 4.70. The summed E-state index contributed by atoms with van der Waals surface area (Å²) >= 11 is 0. The summed E-state index contributed by atoms with van der Waals surface area (Å²) in [5.74, 6) is 0.849. The lowest BCUT2D eigenvalue weighted by molar-refractivity contribution is 0.512. The molecule has 13 heavy (non-hydrogen) atoms. The van der Waals surface area contributed by atoms with Gasteiger partial charge in [-0.3, -0.25) is 0 Å². The number of hydrogen-bond donors (Lipinski definition) is 0. The van der Waals surface area contributed by atoms with Crippen LogP contribution in [0.25, 0.3) is 0 Å². The monoisotopic (exact) mass is 180 g/mol. The lowest BCUT2D eigenvalue weighted by Gasteiger charge is -2.21. The predicted molar refractivity (Wildman–Crippen MR) is 59.9 cm³/mol. The second-order valence-electron chi connectivity index (χ2n) is 4.54. The van der Waals surface area contributed by atoms with Crippen LogP contribution in [0.1, 0.15) is 65.7 Å². The Morgan fingerprint density at radius 2 is 2.00 bits per heavy atom. The summed E-state index contributed by atoms with van der Waals surface area (Å²) in [6.45, 7) is 7.06. The molecule has 0 aliphatic heterocycles. The van der Waals surface area contributed by atoms with Gasteiger partial charge in [-0.1, -0.05) is 44.3 Å². The molecule has 1 unspecified atom stereocenters. The zero-order valence-electron chi connectivity index (χ0n) is 9.53. The molecule has 1 aliphatic carbocycles. The SMILES string of the molecule is CCCC1=C(C)C(C)CCCCC1. The van der Waals surface area contributed by atoms with E-state index >= 15 is 0 Å². The Hall–Kier alpha value is -0.260. The van der Waals surface area contributed by atoms with E-state index in [2.05, 4.69) is 20.8 Å². The van der Waals surface area contributed by atoms with Crippen molar-refractivity contribution in [1.82, 2.24) is 0 Å². The van der Waals surface area contributed by atoms with Crippen LogP contribution in [0.5, 0.6) is 0 Å². The van der Waals surface area contributed by atoms with E-state index in [0.717, 1.165) is 5.92 Å². The van der Waals surface area contributed by atoms with E-state index in [1.54, 1.807) is 11.1 Å². The van der Waals surface area contributed by atoms with Crippen LogP contribution in [0.2, 0.25) is 0 Å². The van der Waals surface area contributed by atoms with Crippen molar-refractivity contribution in [3.05, 3.63) is 11.1 Å². The van der Waals surface area contributed by atoms with E-state index in [-0.39, 0.29) is 0 Å². The lowest BCUT2D eigenvalue weighted by atomic mass is 9.85. The molecule has 76 valence electrons. The molecule has 1 atom stereocenters. The topological polar surface area (TPSA) is 0 Å². The Kier molecular flexibility index (Phi) is 4.55. The van der Waals surface area contributed by atoms with Crippen molar-refractivity contribution in [2.75, 3.05) is 0 Å². The Labute approximate surface area is 83.4 Å². The molecule has 0 heterocycles. The molecule has 1 rings (SSSR count). The van der Waals surface area contributed by atoms with Crippen molar-refractivity contribution in [3.63, 3.8) is 0 Å². The first-order chi connectivity index (χ1) is 6.25. The van der Waals surface area contributed by atoms with Crippen LogP contribution < -0.4 is 0 Å². The van der Waals surface area contributed by atoms with Gasteiger partial charge in [-0.05, 0) is 38.5 Å². The van der Waals surface area contributed by atoms with Crippen LogP contribution in [0.15, 0.2) is 11.1 Å². The zero-order chi connectivity index (χ0) is 9.68. The Bertz CT molecular complexity index is 176. The third-order valence-corrected chi connectivity index (χ3v) is 3.46. The minimum absolute atomic E-state index is 0.849. The maximum Gasteiger partial charge on any atom is -0.0232 e. The average molecular weight is 180 g/mol. The van der Waals surface area contributed by atoms with E-state index in [1.165, 1.54) is 44.9 Å². The molecule has 0 N–H and O–H groups in total. The van der Waals surface area contributed by atoms with Gasteiger partial charge < -0.3 is 0 Å². The van der Waals surface area contributed by atoms with Gasteiger partial charge in [0.25, 0.3) is 0 Å². The van der Waals surface area contributed by atoms with Crippen molar-refractivity contribution in [2.45, 2.75) is 65.7 Å². The summed E-state index contributed by atoms with van der Waals surface area (Å²) in [6, 6.07) is 0. The molecule has 0 radical (unpaired) electrons. The molecular weight excluding hydrogens is 156 g/mol. The highest BCUT2D eigenvalue weighted by Gasteiger charge is 2.12. The molecular formula is C13H24. The van der Waals surface area contributed by atoms with Crippen molar-refractivity contribution in [1.29, 1.82) is 0 Å². The van der Waals surface area contributed by atoms with Gasteiger partial charge >= 0.3 is 0 Å². The minimum atomic E-state index is 0.849. The molecule has 0 amide bonds. The summed E-state index contributed by atoms with van der Waals surface area (Å²) in [6.07, 6.45) is 9.78. The first-order valence-corrected chi connectivity index (χ1v) is 5.94. The number of rotatable bonds is 2. The summed E-state index contributed by atoms with van der Waals surface area (Å²) < 4.78 is 0. The van der Waals surface area contributed by atoms with Gasteiger partial charge in [-0.2, -0.15) is 0 Å². The van der Waals surface area contributed by atoms with Crippen molar-refractivity contribution in [2.24, 2.45) is 5.92 Å². The second kappa shape index (κ2) is 5.47. The highest BCUT2D eigenvalue weighted by Crippen LogP contribution is 2.29. The van der Waals surface area contributed by atoms with Gasteiger partial charge in [-0.15, -0.1) is 0 Å². The van der Waals surface area contributed by atoms with Crippen LogP contribution >= 0.6 is 0 Å². The Morgan fingerprint density at radius 1 is 1.23 bits per heavy atom. The molecule has 1 aliphatic rings. The molecule has 0 fully saturated rings.